The third-order valence-corrected chi connectivity index (χ3v) is 7.72. The quantitative estimate of drug-likeness (QED) is 0.0930. The summed E-state index contributed by atoms with van der Waals surface area (Å²) in [6.45, 7) is 5.82. The maximum absolute atomic E-state index is 2.54. The van der Waals surface area contributed by atoms with E-state index in [0.717, 1.165) is 0 Å². The predicted molar refractivity (Wildman–Crippen MR) is 151 cm³/mol. The van der Waals surface area contributed by atoms with Gasteiger partial charge in [-0.15, -0.1) is 0 Å². The van der Waals surface area contributed by atoms with Crippen molar-refractivity contribution in [3.05, 3.63) is 18.2 Å². The molecule has 34 heavy (non-hydrogen) atoms. The van der Waals surface area contributed by atoms with Crippen LogP contribution in [0.3, 0.4) is 0 Å². The van der Waals surface area contributed by atoms with E-state index >= 15 is 0 Å². The molecule has 0 aromatic carbocycles. The second-order valence-corrected chi connectivity index (χ2v) is 11.0. The molecule has 2 heteroatoms. The van der Waals surface area contributed by atoms with Crippen LogP contribution in [0, 0.1) is 0 Å². The number of hydrogen-bond acceptors (Lipinski definition) is 0. The van der Waals surface area contributed by atoms with E-state index in [1.807, 2.05) is 0 Å². The maximum atomic E-state index is 2.54. The van der Waals surface area contributed by atoms with Gasteiger partial charge >= 0.3 is 0 Å². The highest BCUT2D eigenvalue weighted by Gasteiger charge is 2.13. The van der Waals surface area contributed by atoms with E-state index in [2.05, 4.69) is 42.4 Å². The van der Waals surface area contributed by atoms with Gasteiger partial charge in [-0.25, -0.2) is 9.13 Å². The number of hydrogen-bond donors (Lipinski definition) is 0. The minimum Gasteiger partial charge on any atom is -0.237 e. The number of unbranched alkanes of at least 4 members (excludes halogenated alkanes) is 22. The smallest absolute Gasteiger partial charge is 0.237 e. The van der Waals surface area contributed by atoms with E-state index < -0.39 is 0 Å². The molecule has 0 amide bonds. The van der Waals surface area contributed by atoms with Gasteiger partial charge in [0.05, 0.1) is 13.6 Å². The van der Waals surface area contributed by atoms with Gasteiger partial charge in [0.15, 0.2) is 0 Å². The van der Waals surface area contributed by atoms with Gasteiger partial charge in [-0.2, -0.15) is 0 Å². The number of imidazole rings is 1. The van der Waals surface area contributed by atoms with E-state index in [4.69, 9.17) is 0 Å². The second-order valence-electron chi connectivity index (χ2n) is 11.0. The van der Waals surface area contributed by atoms with Crippen LogP contribution in [0.4, 0.5) is 0 Å². The Morgan fingerprint density at radius 3 is 1.26 bits per heavy atom. The Morgan fingerprint density at radius 1 is 0.500 bits per heavy atom. The lowest BCUT2D eigenvalue weighted by Crippen LogP contribution is -2.37. The van der Waals surface area contributed by atoms with E-state index in [-0.39, 0.29) is 0 Å². The van der Waals surface area contributed by atoms with Crippen molar-refractivity contribution >= 4 is 0 Å². The van der Waals surface area contributed by atoms with Gasteiger partial charge < -0.3 is 0 Å². The summed E-state index contributed by atoms with van der Waals surface area (Å²) < 4.78 is 4.90. The van der Waals surface area contributed by atoms with Crippen LogP contribution in [0.1, 0.15) is 174 Å². The van der Waals surface area contributed by atoms with Crippen molar-refractivity contribution in [2.45, 2.75) is 181 Å². The molecule has 0 spiro atoms. The van der Waals surface area contributed by atoms with E-state index in [1.54, 1.807) is 0 Å². The lowest BCUT2D eigenvalue weighted by molar-refractivity contribution is -0.704. The topological polar surface area (TPSA) is 8.81 Å². The van der Waals surface area contributed by atoms with Gasteiger partial charge in [0, 0.05) is 6.42 Å². The first-order valence-electron chi connectivity index (χ1n) is 15.8. The third kappa shape index (κ3) is 17.6. The summed E-state index contributed by atoms with van der Waals surface area (Å²) >= 11 is 0. The molecule has 1 aromatic rings. The van der Waals surface area contributed by atoms with Crippen molar-refractivity contribution in [1.29, 1.82) is 0 Å². The summed E-state index contributed by atoms with van der Waals surface area (Å²) in [5.41, 5.74) is 0. The van der Waals surface area contributed by atoms with Crippen LogP contribution in [0.5, 0.6) is 0 Å². The van der Waals surface area contributed by atoms with E-state index in [1.165, 1.54) is 173 Å². The Bertz CT molecular complexity index is 533. The molecule has 0 saturated carbocycles. The van der Waals surface area contributed by atoms with Crippen LogP contribution in [0.15, 0.2) is 12.4 Å². The average molecular weight is 476 g/mol. The number of aromatic nitrogens is 2. The molecule has 0 aliphatic heterocycles. The molecule has 1 aromatic heterocycles. The third-order valence-electron chi connectivity index (χ3n) is 7.72. The first kappa shape index (κ1) is 31.2. The summed E-state index contributed by atoms with van der Waals surface area (Å²) in [4.78, 5) is 0. The Morgan fingerprint density at radius 2 is 0.853 bits per heavy atom. The minimum atomic E-state index is 1.21. The molecule has 200 valence electrons. The Kier molecular flexibility index (Phi) is 22.0. The number of rotatable bonds is 26. The zero-order valence-electron chi connectivity index (χ0n) is 23.9. The van der Waals surface area contributed by atoms with Gasteiger partial charge in [0.2, 0.25) is 0 Å². The summed E-state index contributed by atoms with van der Waals surface area (Å²) in [5.74, 6) is 1.54. The molecule has 0 aliphatic rings. The van der Waals surface area contributed by atoms with E-state index in [9.17, 15) is 0 Å². The molecule has 0 saturated heterocycles. The Labute approximate surface area is 215 Å². The fourth-order valence-corrected chi connectivity index (χ4v) is 5.33. The molecule has 0 aliphatic carbocycles. The van der Waals surface area contributed by atoms with Crippen LogP contribution in [0.2, 0.25) is 0 Å². The lowest BCUT2D eigenvalue weighted by Gasteiger charge is -2.05. The summed E-state index contributed by atoms with van der Waals surface area (Å²) in [5, 5.41) is 0. The fourth-order valence-electron chi connectivity index (χ4n) is 5.33. The van der Waals surface area contributed by atoms with Gasteiger partial charge in [-0.1, -0.05) is 149 Å². The molecule has 1 heterocycles. The summed E-state index contributed by atoms with van der Waals surface area (Å²) in [6, 6.07) is 0. The average Bonchev–Trinajstić information content (AvgIpc) is 3.19. The molecular formula is C32H63N2+. The highest BCUT2D eigenvalue weighted by molar-refractivity contribution is 4.82. The van der Waals surface area contributed by atoms with Crippen molar-refractivity contribution in [2.75, 3.05) is 0 Å². The van der Waals surface area contributed by atoms with Gasteiger partial charge in [0.25, 0.3) is 5.82 Å². The monoisotopic (exact) mass is 475 g/mol. The molecular weight excluding hydrogens is 412 g/mol. The van der Waals surface area contributed by atoms with Crippen molar-refractivity contribution in [1.82, 2.24) is 4.57 Å². The zero-order valence-corrected chi connectivity index (χ0v) is 23.9. The van der Waals surface area contributed by atoms with Crippen LogP contribution < -0.4 is 4.57 Å². The van der Waals surface area contributed by atoms with Crippen molar-refractivity contribution < 1.29 is 4.57 Å². The molecule has 0 radical (unpaired) electrons. The molecule has 2 nitrogen and oxygen atoms in total. The summed E-state index contributed by atoms with van der Waals surface area (Å²) in [6.07, 6.45) is 40.2. The molecule has 0 N–H and O–H groups in total. The van der Waals surface area contributed by atoms with Crippen molar-refractivity contribution in [3.8, 4) is 0 Å². The van der Waals surface area contributed by atoms with Gasteiger partial charge in [-0.05, 0) is 19.3 Å². The number of nitrogens with zero attached hydrogens (tertiary/aromatic N) is 2. The van der Waals surface area contributed by atoms with Crippen LogP contribution in [0.25, 0.3) is 0 Å². The molecule has 0 bridgehead atoms. The predicted octanol–water partition coefficient (Wildman–Crippen LogP) is 10.3. The van der Waals surface area contributed by atoms with Gasteiger partial charge in [-0.3, -0.25) is 0 Å². The zero-order chi connectivity index (χ0) is 24.5. The van der Waals surface area contributed by atoms with Gasteiger partial charge in [0.1, 0.15) is 12.4 Å². The normalized spacial score (nSPS) is 11.5. The number of aryl methyl sites for hydroxylation is 2. The summed E-state index contributed by atoms with van der Waals surface area (Å²) in [7, 11) is 2.23. The van der Waals surface area contributed by atoms with Crippen LogP contribution in [-0.2, 0) is 20.0 Å². The van der Waals surface area contributed by atoms with Crippen LogP contribution in [-0.4, -0.2) is 4.57 Å². The van der Waals surface area contributed by atoms with Crippen molar-refractivity contribution in [3.63, 3.8) is 0 Å². The lowest BCUT2D eigenvalue weighted by atomic mass is 10.0. The first-order valence-corrected chi connectivity index (χ1v) is 15.8. The minimum absolute atomic E-state index is 1.21. The standard InChI is InChI=1S/C32H63N2/c1-4-6-8-10-12-14-16-18-20-22-24-26-28-32-33(3)30-31-34(32)29-27-25-23-21-19-17-15-13-11-9-7-5-2/h30-31H,4-29H2,1-3H3/q+1. The molecule has 0 atom stereocenters. The molecule has 0 fully saturated rings. The van der Waals surface area contributed by atoms with E-state index in [0.29, 0.717) is 0 Å². The highest BCUT2D eigenvalue weighted by Crippen LogP contribution is 2.14. The maximum Gasteiger partial charge on any atom is 0.256 e. The first-order chi connectivity index (χ1) is 16.8. The fraction of sp³-hybridized carbons (Fsp3) is 0.906. The van der Waals surface area contributed by atoms with Crippen LogP contribution >= 0.6 is 0 Å². The Balaban J connectivity index is 1.97. The molecule has 1 rings (SSSR count). The van der Waals surface area contributed by atoms with Crippen molar-refractivity contribution in [2.24, 2.45) is 7.05 Å². The largest absolute Gasteiger partial charge is 0.256 e. The second kappa shape index (κ2) is 23.9. The SMILES string of the molecule is CCCCCCCCCCCCCCc1n(C)cc[n+]1CCCCCCCCCCCCCC. The molecule has 0 unspecified atom stereocenters. The Hall–Kier alpha value is -0.790. The highest BCUT2D eigenvalue weighted by atomic mass is 15.1.